The second-order valence-corrected chi connectivity index (χ2v) is 13.2. The molecule has 0 nitrogen and oxygen atoms in total. The number of hydrogen-bond donors (Lipinski definition) is 0. The van der Waals surface area contributed by atoms with Crippen molar-refractivity contribution in [2.75, 3.05) is 0 Å². The third kappa shape index (κ3) is 9.50. The van der Waals surface area contributed by atoms with Gasteiger partial charge in [0.05, 0.1) is 0 Å². The van der Waals surface area contributed by atoms with Gasteiger partial charge in [-0.15, -0.1) is 39.7 Å². The minimum atomic E-state index is 0.654. The average molecular weight is 670 g/mol. The minimum absolute atomic E-state index is 0.654. The molecule has 5 aromatic rings. The fraction of sp³-hybridized carbons (Fsp3) is 0.318. The van der Waals surface area contributed by atoms with E-state index in [1.54, 1.807) is 11.1 Å². The monoisotopic (exact) mass is 668 g/mol. The molecule has 0 fully saturated rings. The van der Waals surface area contributed by atoms with Crippen LogP contribution in [0.3, 0.4) is 0 Å². The van der Waals surface area contributed by atoms with Gasteiger partial charge in [0.15, 0.2) is 0 Å². The van der Waals surface area contributed by atoms with E-state index in [4.69, 9.17) is 0 Å². The predicted octanol–water partition coefficient (Wildman–Crippen LogP) is 12.3. The van der Waals surface area contributed by atoms with Crippen LogP contribution in [-0.2, 0) is 37.1 Å². The van der Waals surface area contributed by atoms with Gasteiger partial charge >= 0.3 is 99.2 Å². The van der Waals surface area contributed by atoms with Crippen LogP contribution in [0.1, 0.15) is 95.4 Å². The van der Waals surface area contributed by atoms with Crippen molar-refractivity contribution >= 4 is 24.8 Å². The quantitative estimate of drug-likeness (QED) is 0.130. The van der Waals surface area contributed by atoms with Crippen LogP contribution in [0.5, 0.6) is 0 Å². The Morgan fingerprint density at radius 2 is 1.16 bits per heavy atom. The Morgan fingerprint density at radius 3 is 1.60 bits per heavy atom. The van der Waals surface area contributed by atoms with Gasteiger partial charge in [0.2, 0.25) is 0 Å². The Kier molecular flexibility index (Phi) is 14.1. The van der Waals surface area contributed by atoms with Crippen molar-refractivity contribution in [2.45, 2.75) is 86.0 Å². The zero-order valence-electron chi connectivity index (χ0n) is 28.1. The second kappa shape index (κ2) is 18.2. The Hall–Kier alpha value is -3.02. The summed E-state index contributed by atoms with van der Waals surface area (Å²) in [7, 11) is 0. The summed E-state index contributed by atoms with van der Waals surface area (Å²) in [5, 5.41) is 5.54. The molecule has 5 aromatic carbocycles. The zero-order valence-corrected chi connectivity index (χ0v) is 30.6. The Labute approximate surface area is 288 Å². The number of allylic oxidation sites excluding steroid dienone is 4. The van der Waals surface area contributed by atoms with Gasteiger partial charge in [0, 0.05) is 0 Å². The summed E-state index contributed by atoms with van der Waals surface area (Å²) in [6.07, 6.45) is 15.6. The Bertz CT molecular complexity index is 1600. The number of fused-ring (bicyclic) bond motifs is 3. The number of hydrogen-bond acceptors (Lipinski definition) is 0. The molecule has 0 aliphatic heterocycles. The van der Waals surface area contributed by atoms with Gasteiger partial charge < -0.3 is 0 Å². The third-order valence-electron chi connectivity index (χ3n) is 8.68. The molecule has 0 spiro atoms. The molecule has 6 rings (SSSR count). The molecular formula is C44H50Zr. The summed E-state index contributed by atoms with van der Waals surface area (Å²) >= 11 is 1.46. The summed E-state index contributed by atoms with van der Waals surface area (Å²) in [6.45, 7) is 11.2. The van der Waals surface area contributed by atoms with Crippen LogP contribution in [0, 0.1) is 12.0 Å². The molecule has 45 heavy (non-hydrogen) atoms. The summed E-state index contributed by atoms with van der Waals surface area (Å²) in [5.74, 6) is 0.654. The van der Waals surface area contributed by atoms with Crippen molar-refractivity contribution in [3.63, 3.8) is 0 Å². The molecule has 0 N–H and O–H groups in total. The fourth-order valence-electron chi connectivity index (χ4n) is 6.21. The molecule has 1 heteroatoms. The van der Waals surface area contributed by atoms with Crippen LogP contribution in [-0.4, -0.2) is 3.21 Å². The number of benzene rings is 4. The van der Waals surface area contributed by atoms with Gasteiger partial charge in [-0.05, 0) is 19.3 Å². The summed E-state index contributed by atoms with van der Waals surface area (Å²) in [6, 6.07) is 37.1. The standard InChI is InChI=1S/C17H17.C14H23.C13H10.Zr/c1-3-12-5-7-16-14(9-12)11-15-10-13(4-2)6-8-17(15)16;1-4-7-12-10-11-13(8-5-2)14(12)9-6-3;1-3-7-12(8-4-1)11-13-9-5-2-6-10-13;/h5-11H,3-4H2,1-2H3;10,13H,4-9H2,1-3H3;1-10H;/q2*-1;;+2. The Morgan fingerprint density at radius 1 is 0.644 bits per heavy atom. The summed E-state index contributed by atoms with van der Waals surface area (Å²) in [5.41, 5.74) is 8.78. The van der Waals surface area contributed by atoms with E-state index in [0.29, 0.717) is 5.92 Å². The van der Waals surface area contributed by atoms with Crippen molar-refractivity contribution in [1.82, 2.24) is 0 Å². The van der Waals surface area contributed by atoms with E-state index in [1.165, 1.54) is 110 Å². The van der Waals surface area contributed by atoms with Crippen molar-refractivity contribution in [3.05, 3.63) is 149 Å². The van der Waals surface area contributed by atoms with E-state index in [2.05, 4.69) is 150 Å². The van der Waals surface area contributed by atoms with Crippen LogP contribution in [0.4, 0.5) is 0 Å². The van der Waals surface area contributed by atoms with Crippen LogP contribution in [0.25, 0.3) is 21.5 Å². The first-order valence-electron chi connectivity index (χ1n) is 17.1. The van der Waals surface area contributed by atoms with Crippen molar-refractivity contribution in [2.24, 2.45) is 5.92 Å². The maximum absolute atomic E-state index is 3.53. The molecule has 1 aliphatic rings. The number of aryl methyl sites for hydroxylation is 2. The van der Waals surface area contributed by atoms with E-state index >= 15 is 0 Å². The molecule has 1 aliphatic carbocycles. The van der Waals surface area contributed by atoms with Crippen molar-refractivity contribution in [3.8, 4) is 0 Å². The number of rotatable bonds is 10. The normalized spacial score (nSPS) is 13.9. The first-order valence-corrected chi connectivity index (χ1v) is 18.4. The zero-order chi connectivity index (χ0) is 32.0. The SMILES string of the molecule is CCCC1=C(CCC)C(CCC)[C-]=C1.CCc1ccc2c(c1)[cH-]c1cc(CC)ccc12.[Zr+2]=[C](c1ccccc1)c1ccccc1. The molecule has 1 unspecified atom stereocenters. The summed E-state index contributed by atoms with van der Waals surface area (Å²) < 4.78 is 1.42. The molecule has 0 amide bonds. The van der Waals surface area contributed by atoms with Gasteiger partial charge in [-0.1, -0.05) is 108 Å². The molecule has 0 saturated heterocycles. The van der Waals surface area contributed by atoms with Gasteiger partial charge in [-0.25, -0.2) is 6.08 Å². The summed E-state index contributed by atoms with van der Waals surface area (Å²) in [4.78, 5) is 0. The van der Waals surface area contributed by atoms with E-state index in [-0.39, 0.29) is 0 Å². The van der Waals surface area contributed by atoms with E-state index in [9.17, 15) is 0 Å². The van der Waals surface area contributed by atoms with Gasteiger partial charge in [0.1, 0.15) is 0 Å². The first-order chi connectivity index (χ1) is 22.0. The van der Waals surface area contributed by atoms with Crippen LogP contribution < -0.4 is 0 Å². The van der Waals surface area contributed by atoms with Crippen molar-refractivity contribution in [1.29, 1.82) is 0 Å². The molecule has 0 heterocycles. The maximum atomic E-state index is 3.53. The van der Waals surface area contributed by atoms with Crippen molar-refractivity contribution < 1.29 is 24.2 Å². The van der Waals surface area contributed by atoms with E-state index in [0.717, 1.165) is 12.8 Å². The van der Waals surface area contributed by atoms with Gasteiger partial charge in [0.25, 0.3) is 0 Å². The molecule has 0 radical (unpaired) electrons. The third-order valence-corrected chi connectivity index (χ3v) is 10.1. The predicted molar refractivity (Wildman–Crippen MR) is 195 cm³/mol. The topological polar surface area (TPSA) is 0 Å². The molecule has 0 saturated carbocycles. The molecule has 0 bridgehead atoms. The average Bonchev–Trinajstić information content (AvgIpc) is 3.65. The molecule has 230 valence electrons. The second-order valence-electron chi connectivity index (χ2n) is 12.0. The molecule has 1 atom stereocenters. The fourth-order valence-corrected chi connectivity index (χ4v) is 7.03. The first kappa shape index (κ1) is 34.8. The van der Waals surface area contributed by atoms with Crippen LogP contribution in [0.2, 0.25) is 0 Å². The van der Waals surface area contributed by atoms with E-state index < -0.39 is 0 Å². The van der Waals surface area contributed by atoms with Crippen LogP contribution in [0.15, 0.2) is 120 Å². The van der Waals surface area contributed by atoms with E-state index in [1.807, 2.05) is 0 Å². The van der Waals surface area contributed by atoms with Gasteiger partial charge in [-0.2, -0.15) is 11.1 Å². The molecule has 0 aromatic heterocycles. The Balaban J connectivity index is 0.000000155. The van der Waals surface area contributed by atoms with Gasteiger partial charge in [-0.3, -0.25) is 6.08 Å². The van der Waals surface area contributed by atoms with Crippen LogP contribution >= 0.6 is 0 Å². The molecular weight excluding hydrogens is 620 g/mol.